The van der Waals surface area contributed by atoms with Gasteiger partial charge in [-0.3, -0.25) is 9.69 Å². The fourth-order valence-electron chi connectivity index (χ4n) is 2.52. The quantitative estimate of drug-likeness (QED) is 0.675. The largest absolute Gasteiger partial charge is 0.286 e. The van der Waals surface area contributed by atoms with Gasteiger partial charge in [-0.15, -0.1) is 0 Å². The first kappa shape index (κ1) is 17.8. The first-order chi connectivity index (χ1) is 12.2. The Balaban J connectivity index is 1.83. The second-order valence-electron chi connectivity index (χ2n) is 5.68. The summed E-state index contributed by atoms with van der Waals surface area (Å²) >= 11 is 7.79. The lowest BCUT2D eigenvalue weighted by atomic mass is 10.2. The number of amidine groups is 1. The van der Waals surface area contributed by atoms with E-state index in [2.05, 4.69) is 24.0 Å². The van der Waals surface area contributed by atoms with Gasteiger partial charge in [0.05, 0.1) is 0 Å². The molecule has 0 spiro atoms. The first-order valence-electron chi connectivity index (χ1n) is 8.22. The Morgan fingerprint density at radius 2 is 1.84 bits per heavy atom. The molecule has 0 aromatic heterocycles. The van der Waals surface area contributed by atoms with E-state index in [0.29, 0.717) is 17.3 Å². The fraction of sp³-hybridized carbons (Fsp3) is 0.200. The monoisotopic (exact) mass is 370 g/mol. The number of nitrogens with zero attached hydrogens (tertiary/aromatic N) is 2. The smallest absolute Gasteiger partial charge is 0.278 e. The lowest BCUT2D eigenvalue weighted by Crippen LogP contribution is -2.31. The van der Waals surface area contributed by atoms with Crippen molar-refractivity contribution in [3.8, 4) is 0 Å². The van der Waals surface area contributed by atoms with Gasteiger partial charge < -0.3 is 0 Å². The van der Waals surface area contributed by atoms with Gasteiger partial charge in [0.25, 0.3) is 5.91 Å². The van der Waals surface area contributed by atoms with E-state index in [0.717, 1.165) is 22.9 Å². The number of amides is 1. The number of hydrogen-bond donors (Lipinski definition) is 0. The number of halogens is 1. The van der Waals surface area contributed by atoms with Crippen molar-refractivity contribution in [1.29, 1.82) is 0 Å². The predicted octanol–water partition coefficient (Wildman–Crippen LogP) is 5.22. The fourth-order valence-corrected chi connectivity index (χ4v) is 3.69. The summed E-state index contributed by atoms with van der Waals surface area (Å²) in [7, 11) is 0. The van der Waals surface area contributed by atoms with Crippen LogP contribution in [-0.4, -0.2) is 22.5 Å². The molecule has 0 fully saturated rings. The molecule has 3 rings (SSSR count). The SMILES string of the molecule is CCCN1C(=O)/C(=C/c2ccccc2Cl)N=C1SCc1ccccc1. The molecule has 0 radical (unpaired) electrons. The second kappa shape index (κ2) is 8.37. The van der Waals surface area contributed by atoms with Crippen molar-refractivity contribution in [2.24, 2.45) is 4.99 Å². The number of carbonyl (C=O) groups excluding carboxylic acids is 1. The van der Waals surface area contributed by atoms with Crippen molar-refractivity contribution in [2.45, 2.75) is 19.1 Å². The summed E-state index contributed by atoms with van der Waals surface area (Å²) < 4.78 is 0. The molecular weight excluding hydrogens is 352 g/mol. The van der Waals surface area contributed by atoms with Crippen LogP contribution in [0.15, 0.2) is 65.3 Å². The molecule has 0 aliphatic carbocycles. The summed E-state index contributed by atoms with van der Waals surface area (Å²) in [4.78, 5) is 19.1. The van der Waals surface area contributed by atoms with Gasteiger partial charge in [-0.2, -0.15) is 0 Å². The summed E-state index contributed by atoms with van der Waals surface area (Å²) in [6.45, 7) is 2.72. The summed E-state index contributed by atoms with van der Waals surface area (Å²) in [5, 5.41) is 1.37. The Hall–Kier alpha value is -2.04. The standard InChI is InChI=1S/C20H19ClN2OS/c1-2-12-23-19(24)18(13-16-10-6-7-11-17(16)21)22-20(23)25-14-15-8-4-3-5-9-15/h3-11,13H,2,12,14H2,1H3/b18-13-. The van der Waals surface area contributed by atoms with E-state index in [-0.39, 0.29) is 5.91 Å². The van der Waals surface area contributed by atoms with E-state index in [9.17, 15) is 4.79 Å². The van der Waals surface area contributed by atoms with Crippen molar-refractivity contribution in [3.63, 3.8) is 0 Å². The molecule has 0 unspecified atom stereocenters. The van der Waals surface area contributed by atoms with Gasteiger partial charge in [-0.25, -0.2) is 4.99 Å². The molecule has 128 valence electrons. The molecule has 5 heteroatoms. The Bertz CT molecular complexity index is 817. The van der Waals surface area contributed by atoms with Gasteiger partial charge in [0.2, 0.25) is 0 Å². The average Bonchev–Trinajstić information content (AvgIpc) is 2.92. The van der Waals surface area contributed by atoms with Gasteiger partial charge in [0.1, 0.15) is 5.70 Å². The average molecular weight is 371 g/mol. The highest BCUT2D eigenvalue weighted by Crippen LogP contribution is 2.27. The Morgan fingerprint density at radius 1 is 1.12 bits per heavy atom. The zero-order valence-corrected chi connectivity index (χ0v) is 15.6. The maximum absolute atomic E-state index is 12.7. The summed E-state index contributed by atoms with van der Waals surface area (Å²) in [5.41, 5.74) is 2.46. The van der Waals surface area contributed by atoms with Crippen LogP contribution < -0.4 is 0 Å². The maximum Gasteiger partial charge on any atom is 0.278 e. The van der Waals surface area contributed by atoms with Crippen molar-refractivity contribution in [2.75, 3.05) is 6.54 Å². The molecule has 25 heavy (non-hydrogen) atoms. The lowest BCUT2D eigenvalue weighted by Gasteiger charge is -2.16. The number of thioether (sulfide) groups is 1. The molecule has 3 nitrogen and oxygen atoms in total. The zero-order valence-electron chi connectivity index (χ0n) is 14.0. The van der Waals surface area contributed by atoms with Crippen LogP contribution in [0.25, 0.3) is 6.08 Å². The second-order valence-corrected chi connectivity index (χ2v) is 7.03. The third-order valence-corrected chi connectivity index (χ3v) is 5.16. The molecule has 1 aliphatic rings. The van der Waals surface area contributed by atoms with E-state index in [1.165, 1.54) is 5.56 Å². The van der Waals surface area contributed by atoms with Crippen LogP contribution in [-0.2, 0) is 10.5 Å². The zero-order chi connectivity index (χ0) is 17.6. The molecule has 0 saturated heterocycles. The Labute approximate surface area is 157 Å². The minimum atomic E-state index is -0.0580. The van der Waals surface area contributed by atoms with E-state index in [4.69, 9.17) is 11.6 Å². The van der Waals surface area contributed by atoms with Crippen LogP contribution in [0.1, 0.15) is 24.5 Å². The van der Waals surface area contributed by atoms with Gasteiger partial charge in [0.15, 0.2) is 5.17 Å². The molecule has 1 amide bonds. The number of carbonyl (C=O) groups is 1. The molecule has 2 aromatic carbocycles. The van der Waals surface area contributed by atoms with Gasteiger partial charge >= 0.3 is 0 Å². The van der Waals surface area contributed by atoms with Gasteiger partial charge in [-0.1, -0.05) is 78.8 Å². The van der Waals surface area contributed by atoms with E-state index >= 15 is 0 Å². The Morgan fingerprint density at radius 3 is 2.56 bits per heavy atom. The molecule has 0 bridgehead atoms. The van der Waals surface area contributed by atoms with Crippen LogP contribution in [0.2, 0.25) is 5.02 Å². The highest BCUT2D eigenvalue weighted by atomic mass is 35.5. The van der Waals surface area contributed by atoms with Crippen LogP contribution in [0.4, 0.5) is 0 Å². The minimum Gasteiger partial charge on any atom is -0.286 e. The molecular formula is C20H19ClN2OS. The van der Waals surface area contributed by atoms with Crippen molar-refractivity contribution >= 4 is 40.5 Å². The van der Waals surface area contributed by atoms with E-state index in [1.807, 2.05) is 42.5 Å². The van der Waals surface area contributed by atoms with Gasteiger partial charge in [0, 0.05) is 17.3 Å². The summed E-state index contributed by atoms with van der Waals surface area (Å²) in [6.07, 6.45) is 2.65. The number of rotatable bonds is 5. The van der Waals surface area contributed by atoms with Crippen molar-refractivity contribution in [3.05, 3.63) is 76.4 Å². The van der Waals surface area contributed by atoms with Crippen LogP contribution in [0.3, 0.4) is 0 Å². The number of aliphatic imine (C=N–C) groups is 1. The summed E-state index contributed by atoms with van der Waals surface area (Å²) in [5.74, 6) is 0.726. The molecule has 0 N–H and O–H groups in total. The van der Waals surface area contributed by atoms with Crippen LogP contribution >= 0.6 is 23.4 Å². The molecule has 2 aromatic rings. The third kappa shape index (κ3) is 4.33. The highest BCUT2D eigenvalue weighted by molar-refractivity contribution is 8.13. The third-order valence-electron chi connectivity index (χ3n) is 3.77. The molecule has 1 heterocycles. The molecule has 0 saturated carbocycles. The maximum atomic E-state index is 12.7. The normalized spacial score (nSPS) is 15.8. The highest BCUT2D eigenvalue weighted by Gasteiger charge is 2.29. The minimum absolute atomic E-state index is 0.0580. The molecule has 0 atom stereocenters. The van der Waals surface area contributed by atoms with E-state index in [1.54, 1.807) is 22.7 Å². The first-order valence-corrected chi connectivity index (χ1v) is 9.59. The summed E-state index contributed by atoms with van der Waals surface area (Å²) in [6, 6.07) is 17.7. The Kier molecular flexibility index (Phi) is 5.95. The van der Waals surface area contributed by atoms with E-state index < -0.39 is 0 Å². The van der Waals surface area contributed by atoms with Gasteiger partial charge in [-0.05, 0) is 29.7 Å². The van der Waals surface area contributed by atoms with Crippen molar-refractivity contribution < 1.29 is 4.79 Å². The number of hydrogen-bond acceptors (Lipinski definition) is 3. The molecule has 1 aliphatic heterocycles. The lowest BCUT2D eigenvalue weighted by molar-refractivity contribution is -0.122. The van der Waals surface area contributed by atoms with Crippen LogP contribution in [0, 0.1) is 0 Å². The topological polar surface area (TPSA) is 32.7 Å². The number of benzene rings is 2. The predicted molar refractivity (Wildman–Crippen MR) is 107 cm³/mol. The van der Waals surface area contributed by atoms with Crippen LogP contribution in [0.5, 0.6) is 0 Å². The van der Waals surface area contributed by atoms with Crippen molar-refractivity contribution in [1.82, 2.24) is 4.90 Å².